The van der Waals surface area contributed by atoms with Crippen molar-refractivity contribution in [2.75, 3.05) is 25.6 Å². The van der Waals surface area contributed by atoms with Gasteiger partial charge in [0.05, 0.1) is 12.1 Å². The van der Waals surface area contributed by atoms with E-state index in [4.69, 9.17) is 18.9 Å². The number of hydrogen-bond acceptors (Lipinski definition) is 8. The highest BCUT2D eigenvalue weighted by Crippen LogP contribution is 2.30. The standard InChI is InChI=1S/C25H24N4O4/c1-16-11-17(3-8-23(16)33-19-5-7-22-24(13-19)32-15-28-22)29-25-20-12-18(31-10-9-30-2)4-6-21(20)26-14-27-25/h3-8,11-15,22,24H,9-10H2,1-2H3,(H,26,27,29). The van der Waals surface area contributed by atoms with Gasteiger partial charge in [0.1, 0.15) is 48.2 Å². The molecule has 5 rings (SSSR count). The third kappa shape index (κ3) is 4.65. The van der Waals surface area contributed by atoms with Gasteiger partial charge in [-0.25, -0.2) is 15.0 Å². The molecule has 1 aliphatic heterocycles. The Bertz CT molecular complexity index is 1250. The lowest BCUT2D eigenvalue weighted by Crippen LogP contribution is -2.21. The number of methoxy groups -OCH3 is 1. The second-order valence-corrected chi connectivity index (χ2v) is 7.72. The number of hydrogen-bond donors (Lipinski definition) is 1. The molecule has 2 unspecified atom stereocenters. The van der Waals surface area contributed by atoms with E-state index >= 15 is 0 Å². The normalized spacial score (nSPS) is 18.5. The summed E-state index contributed by atoms with van der Waals surface area (Å²) in [5, 5.41) is 4.26. The van der Waals surface area contributed by atoms with Crippen molar-refractivity contribution >= 4 is 28.8 Å². The molecule has 0 spiro atoms. The summed E-state index contributed by atoms with van der Waals surface area (Å²) < 4.78 is 22.4. The lowest BCUT2D eigenvalue weighted by molar-refractivity contribution is 0.146. The zero-order valence-electron chi connectivity index (χ0n) is 18.4. The van der Waals surface area contributed by atoms with E-state index in [1.165, 1.54) is 6.40 Å². The van der Waals surface area contributed by atoms with Crippen LogP contribution >= 0.6 is 0 Å². The summed E-state index contributed by atoms with van der Waals surface area (Å²) in [5.41, 5.74) is 2.71. The van der Waals surface area contributed by atoms with Crippen LogP contribution in [0.3, 0.4) is 0 Å². The van der Waals surface area contributed by atoms with Gasteiger partial charge in [-0.05, 0) is 55.0 Å². The van der Waals surface area contributed by atoms with Crippen molar-refractivity contribution in [3.63, 3.8) is 0 Å². The number of nitrogens with one attached hydrogen (secondary N) is 1. The predicted octanol–water partition coefficient (Wildman–Crippen LogP) is 4.34. The van der Waals surface area contributed by atoms with Gasteiger partial charge in [-0.3, -0.25) is 0 Å². The van der Waals surface area contributed by atoms with E-state index in [2.05, 4.69) is 20.3 Å². The lowest BCUT2D eigenvalue weighted by atomic mass is 10.1. The third-order valence-electron chi connectivity index (χ3n) is 5.40. The summed E-state index contributed by atoms with van der Waals surface area (Å²) in [6, 6.07) is 11.7. The SMILES string of the molecule is COCCOc1ccc2ncnc(Nc3ccc(OC4=CC5OC=NC5C=C4)c(C)c3)c2c1. The summed E-state index contributed by atoms with van der Waals surface area (Å²) in [6.07, 6.45) is 8.81. The lowest BCUT2D eigenvalue weighted by Gasteiger charge is -2.18. The smallest absolute Gasteiger partial charge is 0.171 e. The van der Waals surface area contributed by atoms with Crippen LogP contribution in [0.15, 0.2) is 71.7 Å². The van der Waals surface area contributed by atoms with Crippen molar-refractivity contribution in [1.82, 2.24) is 9.97 Å². The molecule has 0 bridgehead atoms. The van der Waals surface area contributed by atoms with E-state index in [0.29, 0.717) is 19.0 Å². The van der Waals surface area contributed by atoms with Gasteiger partial charge in [-0.15, -0.1) is 0 Å². The minimum absolute atomic E-state index is 0.0404. The maximum Gasteiger partial charge on any atom is 0.171 e. The average Bonchev–Trinajstić information content (AvgIpc) is 3.29. The molecule has 2 heterocycles. The highest BCUT2D eigenvalue weighted by Gasteiger charge is 2.25. The maximum absolute atomic E-state index is 6.09. The number of rotatable bonds is 8. The molecule has 0 saturated heterocycles. The summed E-state index contributed by atoms with van der Waals surface area (Å²) in [5.74, 6) is 2.96. The fraction of sp³-hybridized carbons (Fsp3) is 0.240. The van der Waals surface area contributed by atoms with Crippen molar-refractivity contribution < 1.29 is 18.9 Å². The van der Waals surface area contributed by atoms with Crippen LogP contribution in [0.5, 0.6) is 11.5 Å². The highest BCUT2D eigenvalue weighted by atomic mass is 16.5. The number of aliphatic imine (C=N–C) groups is 1. The van der Waals surface area contributed by atoms with Crippen LogP contribution < -0.4 is 14.8 Å². The van der Waals surface area contributed by atoms with Gasteiger partial charge in [0.25, 0.3) is 0 Å². The van der Waals surface area contributed by atoms with Crippen molar-refractivity contribution in [3.8, 4) is 11.5 Å². The molecular formula is C25H24N4O4. The summed E-state index contributed by atoms with van der Waals surface area (Å²) in [6.45, 7) is 3.01. The zero-order valence-corrected chi connectivity index (χ0v) is 18.4. The van der Waals surface area contributed by atoms with Gasteiger partial charge in [0.15, 0.2) is 6.40 Å². The van der Waals surface area contributed by atoms with Gasteiger partial charge >= 0.3 is 0 Å². The molecule has 2 aliphatic rings. The van der Waals surface area contributed by atoms with Gasteiger partial charge in [0.2, 0.25) is 0 Å². The number of aromatic nitrogens is 2. The molecule has 168 valence electrons. The first-order valence-electron chi connectivity index (χ1n) is 10.7. The molecule has 0 saturated carbocycles. The highest BCUT2D eigenvalue weighted by molar-refractivity contribution is 5.91. The number of nitrogens with zero attached hydrogens (tertiary/aromatic N) is 3. The average molecular weight is 444 g/mol. The molecule has 0 fully saturated rings. The molecule has 2 aromatic carbocycles. The van der Waals surface area contributed by atoms with Crippen LogP contribution in [-0.4, -0.2) is 48.8 Å². The molecular weight excluding hydrogens is 420 g/mol. The third-order valence-corrected chi connectivity index (χ3v) is 5.40. The second kappa shape index (κ2) is 9.30. The van der Waals surface area contributed by atoms with Gasteiger partial charge in [0, 0.05) is 24.3 Å². The molecule has 0 amide bonds. The molecule has 8 heteroatoms. The summed E-state index contributed by atoms with van der Waals surface area (Å²) >= 11 is 0. The van der Waals surface area contributed by atoms with E-state index in [0.717, 1.165) is 39.4 Å². The summed E-state index contributed by atoms with van der Waals surface area (Å²) in [7, 11) is 1.65. The van der Waals surface area contributed by atoms with Crippen LogP contribution in [0.25, 0.3) is 10.9 Å². The van der Waals surface area contributed by atoms with Gasteiger partial charge in [-0.2, -0.15) is 0 Å². The molecule has 2 atom stereocenters. The Kier molecular flexibility index (Phi) is 5.91. The number of benzene rings is 2. The molecule has 8 nitrogen and oxygen atoms in total. The Hall–Kier alpha value is -3.91. The molecule has 33 heavy (non-hydrogen) atoms. The van der Waals surface area contributed by atoms with Crippen LogP contribution in [0, 0.1) is 6.92 Å². The minimum atomic E-state index is -0.0966. The van der Waals surface area contributed by atoms with Crippen LogP contribution in [0.4, 0.5) is 11.5 Å². The Morgan fingerprint density at radius 1 is 1.09 bits per heavy atom. The van der Waals surface area contributed by atoms with E-state index in [1.54, 1.807) is 13.4 Å². The number of aryl methyl sites for hydroxylation is 1. The maximum atomic E-state index is 6.09. The van der Waals surface area contributed by atoms with Crippen LogP contribution in [0.2, 0.25) is 0 Å². The zero-order chi connectivity index (χ0) is 22.6. The minimum Gasteiger partial charge on any atom is -0.491 e. The molecule has 3 aromatic rings. The number of allylic oxidation sites excluding steroid dienone is 1. The van der Waals surface area contributed by atoms with E-state index in [9.17, 15) is 0 Å². The van der Waals surface area contributed by atoms with Gasteiger partial charge in [-0.1, -0.05) is 6.08 Å². The fourth-order valence-electron chi connectivity index (χ4n) is 3.69. The van der Waals surface area contributed by atoms with Gasteiger partial charge < -0.3 is 24.3 Å². The van der Waals surface area contributed by atoms with E-state index in [1.807, 2.05) is 61.5 Å². The topological polar surface area (TPSA) is 87.1 Å². The van der Waals surface area contributed by atoms with Crippen molar-refractivity contribution in [1.29, 1.82) is 0 Å². The first-order valence-corrected chi connectivity index (χ1v) is 10.7. The van der Waals surface area contributed by atoms with E-state index in [-0.39, 0.29) is 12.1 Å². The number of anilines is 2. The number of fused-ring (bicyclic) bond motifs is 2. The predicted molar refractivity (Wildman–Crippen MR) is 126 cm³/mol. The van der Waals surface area contributed by atoms with Crippen LogP contribution in [0.1, 0.15) is 5.56 Å². The van der Waals surface area contributed by atoms with Crippen LogP contribution in [-0.2, 0) is 9.47 Å². The van der Waals surface area contributed by atoms with E-state index < -0.39 is 0 Å². The quantitative estimate of drug-likeness (QED) is 0.517. The fourth-order valence-corrected chi connectivity index (χ4v) is 3.69. The molecule has 1 aliphatic carbocycles. The van der Waals surface area contributed by atoms with Crippen molar-refractivity contribution in [2.45, 2.75) is 19.1 Å². The van der Waals surface area contributed by atoms with Crippen molar-refractivity contribution in [2.24, 2.45) is 4.99 Å². The Morgan fingerprint density at radius 2 is 2.03 bits per heavy atom. The first-order chi connectivity index (χ1) is 16.2. The number of ether oxygens (including phenoxy) is 4. The first kappa shape index (κ1) is 21.0. The Morgan fingerprint density at radius 3 is 2.91 bits per heavy atom. The second-order valence-electron chi connectivity index (χ2n) is 7.72. The Balaban J connectivity index is 1.33. The summed E-state index contributed by atoms with van der Waals surface area (Å²) in [4.78, 5) is 13.0. The molecule has 0 radical (unpaired) electrons. The monoisotopic (exact) mass is 444 g/mol. The molecule has 1 aromatic heterocycles. The molecule has 1 N–H and O–H groups in total. The Labute approximate surface area is 191 Å². The van der Waals surface area contributed by atoms with Crippen molar-refractivity contribution in [3.05, 3.63) is 72.3 Å². The largest absolute Gasteiger partial charge is 0.491 e.